The number of halogens is 2. The average Bonchev–Trinajstić information content (AvgIpc) is 2.90. The summed E-state index contributed by atoms with van der Waals surface area (Å²) in [6.45, 7) is 3.17. The van der Waals surface area contributed by atoms with Gasteiger partial charge in [-0.15, -0.1) is 0 Å². The normalized spacial score (nSPS) is 11.0. The third-order valence-corrected chi connectivity index (χ3v) is 4.88. The Morgan fingerprint density at radius 3 is 2.42 bits per heavy atom. The highest BCUT2D eigenvalue weighted by atomic mass is 35.5. The summed E-state index contributed by atoms with van der Waals surface area (Å²) in [4.78, 5) is 24.7. The molecule has 1 amide bonds. The van der Waals surface area contributed by atoms with E-state index < -0.39 is 0 Å². The van der Waals surface area contributed by atoms with E-state index in [-0.39, 0.29) is 18.0 Å². The predicted octanol–water partition coefficient (Wildman–Crippen LogP) is 3.84. The van der Waals surface area contributed by atoms with Gasteiger partial charge in [0.1, 0.15) is 0 Å². The number of amides is 1. The molecule has 1 aromatic heterocycles. The number of carbonyl (C=O) groups excluding carboxylic acids is 1. The van der Waals surface area contributed by atoms with Gasteiger partial charge in [0.2, 0.25) is 5.91 Å². The van der Waals surface area contributed by atoms with Crippen LogP contribution < -0.4 is 11.0 Å². The zero-order chi connectivity index (χ0) is 18.7. The summed E-state index contributed by atoms with van der Waals surface area (Å²) in [6.07, 6.45) is 0.211. The van der Waals surface area contributed by atoms with Crippen molar-refractivity contribution in [1.29, 1.82) is 0 Å². The molecule has 0 spiro atoms. The minimum atomic E-state index is -0.142. The second-order valence-electron chi connectivity index (χ2n) is 5.93. The minimum absolute atomic E-state index is 0.0951. The number of hydrogen-bond donors (Lipinski definition) is 1. The van der Waals surface area contributed by atoms with Gasteiger partial charge in [0.15, 0.2) is 0 Å². The van der Waals surface area contributed by atoms with Crippen LogP contribution in [0.15, 0.2) is 47.3 Å². The first-order valence-corrected chi connectivity index (χ1v) is 9.15. The number of para-hydroxylation sites is 2. The first-order chi connectivity index (χ1) is 12.5. The van der Waals surface area contributed by atoms with Crippen LogP contribution >= 0.6 is 23.2 Å². The van der Waals surface area contributed by atoms with Gasteiger partial charge >= 0.3 is 5.69 Å². The third kappa shape index (κ3) is 3.79. The number of fused-ring (bicyclic) bond motifs is 1. The monoisotopic (exact) mass is 391 g/mol. The van der Waals surface area contributed by atoms with Crippen molar-refractivity contribution in [2.24, 2.45) is 0 Å². The molecule has 7 heteroatoms. The standard InChI is InChI=1S/C19H19Cl2N3O2/c1-2-23-16-5-3-4-6-17(16)24(19(23)26)10-9-18(25)22-12-13-7-8-14(20)11-15(13)21/h3-8,11H,2,9-10,12H2,1H3,(H,22,25). The van der Waals surface area contributed by atoms with E-state index in [1.807, 2.05) is 31.2 Å². The van der Waals surface area contributed by atoms with Crippen molar-refractivity contribution in [3.05, 3.63) is 68.6 Å². The van der Waals surface area contributed by atoms with Crippen LogP contribution in [0.2, 0.25) is 10.0 Å². The van der Waals surface area contributed by atoms with Gasteiger partial charge in [0, 0.05) is 36.1 Å². The summed E-state index contributed by atoms with van der Waals surface area (Å²) in [6, 6.07) is 12.8. The van der Waals surface area contributed by atoms with E-state index in [4.69, 9.17) is 23.2 Å². The SMILES string of the molecule is CCn1c(=O)n(CCC(=O)NCc2ccc(Cl)cc2Cl)c2ccccc21. The van der Waals surface area contributed by atoms with E-state index in [1.54, 1.807) is 27.3 Å². The maximum absolute atomic E-state index is 12.6. The van der Waals surface area contributed by atoms with Gasteiger partial charge in [-0.05, 0) is 36.8 Å². The number of benzene rings is 2. The third-order valence-electron chi connectivity index (χ3n) is 4.29. The summed E-state index contributed by atoms with van der Waals surface area (Å²) in [7, 11) is 0. The molecule has 0 aliphatic heterocycles. The molecule has 0 aliphatic carbocycles. The van der Waals surface area contributed by atoms with E-state index in [9.17, 15) is 9.59 Å². The van der Waals surface area contributed by atoms with Crippen molar-refractivity contribution in [3.63, 3.8) is 0 Å². The molecule has 3 aromatic rings. The molecule has 0 fully saturated rings. The molecule has 0 atom stereocenters. The maximum atomic E-state index is 12.6. The highest BCUT2D eigenvalue weighted by Gasteiger charge is 2.13. The fourth-order valence-electron chi connectivity index (χ4n) is 2.95. The van der Waals surface area contributed by atoms with E-state index >= 15 is 0 Å². The lowest BCUT2D eigenvalue weighted by atomic mass is 10.2. The maximum Gasteiger partial charge on any atom is 0.329 e. The van der Waals surface area contributed by atoms with Gasteiger partial charge in [-0.1, -0.05) is 41.4 Å². The van der Waals surface area contributed by atoms with Gasteiger partial charge in [0.25, 0.3) is 0 Å². The van der Waals surface area contributed by atoms with Gasteiger partial charge in [0.05, 0.1) is 11.0 Å². The fourth-order valence-corrected chi connectivity index (χ4v) is 3.43. The predicted molar refractivity (Wildman–Crippen MR) is 105 cm³/mol. The van der Waals surface area contributed by atoms with Crippen molar-refractivity contribution < 1.29 is 4.79 Å². The zero-order valence-corrected chi connectivity index (χ0v) is 15.8. The second kappa shape index (κ2) is 7.98. The Hall–Kier alpha value is -2.24. The van der Waals surface area contributed by atoms with E-state index in [0.29, 0.717) is 29.7 Å². The van der Waals surface area contributed by atoms with Gasteiger partial charge in [-0.25, -0.2) is 4.79 Å². The molecule has 5 nitrogen and oxygen atoms in total. The number of aryl methyl sites for hydroxylation is 2. The van der Waals surface area contributed by atoms with Crippen LogP contribution in [0.5, 0.6) is 0 Å². The van der Waals surface area contributed by atoms with Crippen LogP contribution in [-0.2, 0) is 24.4 Å². The van der Waals surface area contributed by atoms with Crippen LogP contribution in [0, 0.1) is 0 Å². The van der Waals surface area contributed by atoms with E-state index in [1.165, 1.54) is 0 Å². The summed E-state index contributed by atoms with van der Waals surface area (Å²) in [5.74, 6) is -0.142. The van der Waals surface area contributed by atoms with Gasteiger partial charge in [-0.3, -0.25) is 13.9 Å². The molecule has 2 aromatic carbocycles. The molecule has 0 unspecified atom stereocenters. The lowest BCUT2D eigenvalue weighted by Crippen LogP contribution is -2.28. The number of rotatable bonds is 6. The number of hydrogen-bond acceptors (Lipinski definition) is 2. The van der Waals surface area contributed by atoms with Crippen molar-refractivity contribution in [2.45, 2.75) is 33.0 Å². The lowest BCUT2D eigenvalue weighted by molar-refractivity contribution is -0.121. The first-order valence-electron chi connectivity index (χ1n) is 8.40. The first kappa shape index (κ1) is 18.5. The van der Waals surface area contributed by atoms with Crippen LogP contribution in [0.25, 0.3) is 11.0 Å². The fraction of sp³-hybridized carbons (Fsp3) is 0.263. The molecule has 0 saturated heterocycles. The Bertz CT molecular complexity index is 1010. The van der Waals surface area contributed by atoms with Crippen LogP contribution in [0.1, 0.15) is 18.9 Å². The number of imidazole rings is 1. The van der Waals surface area contributed by atoms with Crippen LogP contribution in [0.3, 0.4) is 0 Å². The van der Waals surface area contributed by atoms with Crippen molar-refractivity contribution >= 4 is 40.1 Å². The quantitative estimate of drug-likeness (QED) is 0.693. The molecule has 0 saturated carbocycles. The molecular formula is C19H19Cl2N3O2. The number of nitrogens with one attached hydrogen (secondary N) is 1. The van der Waals surface area contributed by atoms with Crippen molar-refractivity contribution in [3.8, 4) is 0 Å². The van der Waals surface area contributed by atoms with E-state index in [0.717, 1.165) is 16.6 Å². The number of aromatic nitrogens is 2. The molecule has 136 valence electrons. The summed E-state index contributed by atoms with van der Waals surface area (Å²) >= 11 is 12.0. The van der Waals surface area contributed by atoms with Crippen LogP contribution in [0.4, 0.5) is 0 Å². The molecule has 3 rings (SSSR count). The van der Waals surface area contributed by atoms with Crippen molar-refractivity contribution in [1.82, 2.24) is 14.5 Å². The Labute approximate surface area is 161 Å². The number of nitrogens with zero attached hydrogens (tertiary/aromatic N) is 2. The lowest BCUT2D eigenvalue weighted by Gasteiger charge is -2.08. The summed E-state index contributed by atoms with van der Waals surface area (Å²) in [5, 5.41) is 3.90. The molecule has 26 heavy (non-hydrogen) atoms. The smallest absolute Gasteiger partial charge is 0.329 e. The zero-order valence-electron chi connectivity index (χ0n) is 14.3. The molecular weight excluding hydrogens is 373 g/mol. The average molecular weight is 392 g/mol. The Morgan fingerprint density at radius 1 is 1.08 bits per heavy atom. The summed E-state index contributed by atoms with van der Waals surface area (Å²) in [5.41, 5.74) is 2.42. The molecule has 0 radical (unpaired) electrons. The molecule has 1 heterocycles. The Kier molecular flexibility index (Phi) is 5.69. The molecule has 1 N–H and O–H groups in total. The van der Waals surface area contributed by atoms with Crippen molar-refractivity contribution in [2.75, 3.05) is 0 Å². The Morgan fingerprint density at radius 2 is 1.77 bits per heavy atom. The molecule has 0 bridgehead atoms. The second-order valence-corrected chi connectivity index (χ2v) is 6.77. The largest absolute Gasteiger partial charge is 0.352 e. The minimum Gasteiger partial charge on any atom is -0.352 e. The molecule has 0 aliphatic rings. The van der Waals surface area contributed by atoms with Crippen LogP contribution in [-0.4, -0.2) is 15.0 Å². The topological polar surface area (TPSA) is 56.0 Å². The highest BCUT2D eigenvalue weighted by molar-refractivity contribution is 6.35. The highest BCUT2D eigenvalue weighted by Crippen LogP contribution is 2.20. The van der Waals surface area contributed by atoms with Gasteiger partial charge in [-0.2, -0.15) is 0 Å². The van der Waals surface area contributed by atoms with E-state index in [2.05, 4.69) is 5.32 Å². The van der Waals surface area contributed by atoms with Gasteiger partial charge < -0.3 is 5.32 Å². The number of carbonyl (C=O) groups is 1. The Balaban J connectivity index is 1.67. The summed E-state index contributed by atoms with van der Waals surface area (Å²) < 4.78 is 3.36.